The van der Waals surface area contributed by atoms with Crippen molar-refractivity contribution in [1.29, 1.82) is 0 Å². The minimum atomic E-state index is 0.492. The molecule has 0 aromatic carbocycles. The molecule has 1 aliphatic carbocycles. The van der Waals surface area contributed by atoms with Crippen molar-refractivity contribution in [3.63, 3.8) is 0 Å². The molecule has 1 rings (SSSR count). The van der Waals surface area contributed by atoms with Crippen LogP contribution in [0.1, 0.15) is 46.5 Å². The van der Waals surface area contributed by atoms with Crippen LogP contribution in [0.4, 0.5) is 0 Å². The van der Waals surface area contributed by atoms with Gasteiger partial charge >= 0.3 is 0 Å². The average molecular weight is 167 g/mol. The second-order valence-electron chi connectivity index (χ2n) is 5.05. The van der Waals surface area contributed by atoms with Crippen molar-refractivity contribution in [2.24, 2.45) is 16.3 Å². The van der Waals surface area contributed by atoms with E-state index in [1.165, 1.54) is 25.7 Å². The maximum atomic E-state index is 4.11. The Morgan fingerprint density at radius 3 is 1.92 bits per heavy atom. The van der Waals surface area contributed by atoms with Gasteiger partial charge in [0.2, 0.25) is 0 Å². The first-order valence-electron chi connectivity index (χ1n) is 5.00. The molecule has 0 spiro atoms. The molecule has 0 unspecified atom stereocenters. The van der Waals surface area contributed by atoms with Crippen molar-refractivity contribution in [1.82, 2.24) is 0 Å². The predicted molar refractivity (Wildman–Crippen MR) is 54.8 cm³/mol. The van der Waals surface area contributed by atoms with Gasteiger partial charge in [0.25, 0.3) is 0 Å². The van der Waals surface area contributed by atoms with Crippen LogP contribution < -0.4 is 0 Å². The zero-order valence-electron chi connectivity index (χ0n) is 8.64. The Morgan fingerprint density at radius 2 is 1.58 bits per heavy atom. The molecular weight excluding hydrogens is 146 g/mol. The number of hydrogen-bond acceptors (Lipinski definition) is 1. The number of rotatable bonds is 1. The van der Waals surface area contributed by atoms with Gasteiger partial charge in [-0.25, -0.2) is 0 Å². The van der Waals surface area contributed by atoms with Gasteiger partial charge in [0.05, 0.1) is 0 Å². The van der Waals surface area contributed by atoms with Crippen LogP contribution in [0.5, 0.6) is 0 Å². The van der Waals surface area contributed by atoms with Crippen molar-refractivity contribution in [3.05, 3.63) is 0 Å². The molecule has 1 heteroatoms. The summed E-state index contributed by atoms with van der Waals surface area (Å²) in [4.78, 5) is 4.11. The fraction of sp³-hybridized carbons (Fsp3) is 0.909. The number of hydrogen-bond donors (Lipinski definition) is 0. The predicted octanol–water partition coefficient (Wildman–Crippen LogP) is 3.29. The third kappa shape index (κ3) is 2.33. The molecule has 0 N–H and O–H groups in total. The molecule has 0 saturated heterocycles. The summed E-state index contributed by atoms with van der Waals surface area (Å²) in [7, 11) is 0. The van der Waals surface area contributed by atoms with E-state index < -0.39 is 0 Å². The fourth-order valence-electron chi connectivity index (χ4n) is 2.12. The topological polar surface area (TPSA) is 12.4 Å². The minimum absolute atomic E-state index is 0.492. The van der Waals surface area contributed by atoms with Gasteiger partial charge in [-0.3, -0.25) is 4.99 Å². The molecule has 0 heterocycles. The lowest BCUT2D eigenvalue weighted by Crippen LogP contribution is -2.27. The van der Waals surface area contributed by atoms with Crippen molar-refractivity contribution in [3.8, 4) is 0 Å². The third-order valence-electron chi connectivity index (χ3n) is 3.18. The molecule has 0 amide bonds. The van der Waals surface area contributed by atoms with Gasteiger partial charge in [0, 0.05) is 6.04 Å². The van der Waals surface area contributed by atoms with Gasteiger partial charge in [-0.1, -0.05) is 20.8 Å². The molecule has 1 fully saturated rings. The Morgan fingerprint density at radius 1 is 1.08 bits per heavy atom. The molecule has 1 saturated carbocycles. The standard InChI is InChI=1S/C11H21N/c1-11(2,3)9-5-7-10(12-4)8-6-9/h9-10H,4-8H2,1-3H3. The molecule has 0 atom stereocenters. The lowest BCUT2D eigenvalue weighted by Gasteiger charge is -2.35. The van der Waals surface area contributed by atoms with Crippen LogP contribution in [0.2, 0.25) is 0 Å². The van der Waals surface area contributed by atoms with Crippen molar-refractivity contribution >= 4 is 6.72 Å². The van der Waals surface area contributed by atoms with E-state index in [2.05, 4.69) is 32.5 Å². The SMILES string of the molecule is C=NC1CCC(C(C)(C)C)CC1. The van der Waals surface area contributed by atoms with E-state index in [4.69, 9.17) is 0 Å². The molecule has 0 radical (unpaired) electrons. The number of aliphatic imine (C=N–C) groups is 1. The lowest BCUT2D eigenvalue weighted by atomic mass is 9.71. The van der Waals surface area contributed by atoms with Gasteiger partial charge in [0.15, 0.2) is 0 Å². The molecule has 70 valence electrons. The Labute approximate surface area is 76.3 Å². The van der Waals surface area contributed by atoms with Gasteiger partial charge in [0.1, 0.15) is 0 Å². The van der Waals surface area contributed by atoms with Gasteiger partial charge in [-0.15, -0.1) is 0 Å². The minimum Gasteiger partial charge on any atom is -0.298 e. The second kappa shape index (κ2) is 3.59. The highest BCUT2D eigenvalue weighted by Crippen LogP contribution is 2.38. The molecular formula is C11H21N. The van der Waals surface area contributed by atoms with Crippen LogP contribution in [0.25, 0.3) is 0 Å². The van der Waals surface area contributed by atoms with Crippen LogP contribution in [0, 0.1) is 11.3 Å². The zero-order valence-corrected chi connectivity index (χ0v) is 8.64. The molecule has 0 aliphatic heterocycles. The summed E-state index contributed by atoms with van der Waals surface area (Å²) in [5.74, 6) is 0.899. The normalized spacial score (nSPS) is 31.6. The first-order chi connectivity index (χ1) is 5.54. The smallest absolute Gasteiger partial charge is 0.0492 e. The van der Waals surface area contributed by atoms with E-state index in [9.17, 15) is 0 Å². The highest BCUT2D eigenvalue weighted by Gasteiger charge is 2.28. The van der Waals surface area contributed by atoms with Crippen molar-refractivity contribution in [2.45, 2.75) is 52.5 Å². The van der Waals surface area contributed by atoms with Crippen LogP contribution in [0.15, 0.2) is 4.99 Å². The summed E-state index contributed by atoms with van der Waals surface area (Å²) < 4.78 is 0. The van der Waals surface area contributed by atoms with Gasteiger partial charge in [-0.05, 0) is 43.7 Å². The Balaban J connectivity index is 2.41. The van der Waals surface area contributed by atoms with E-state index in [0.717, 1.165) is 5.92 Å². The second-order valence-corrected chi connectivity index (χ2v) is 5.05. The van der Waals surface area contributed by atoms with Crippen molar-refractivity contribution in [2.75, 3.05) is 0 Å². The average Bonchev–Trinajstić information content (AvgIpc) is 2.03. The summed E-state index contributed by atoms with van der Waals surface area (Å²) in [5.41, 5.74) is 0.492. The Kier molecular flexibility index (Phi) is 2.92. The first kappa shape index (κ1) is 9.76. The zero-order chi connectivity index (χ0) is 9.19. The summed E-state index contributed by atoms with van der Waals surface area (Å²) in [5, 5.41) is 0. The van der Waals surface area contributed by atoms with E-state index in [1.54, 1.807) is 0 Å². The maximum absolute atomic E-state index is 4.11. The Bertz CT molecular complexity index is 147. The maximum Gasteiger partial charge on any atom is 0.0492 e. The highest BCUT2D eigenvalue weighted by atomic mass is 14.7. The van der Waals surface area contributed by atoms with E-state index in [0.29, 0.717) is 11.5 Å². The Hall–Kier alpha value is -0.330. The molecule has 0 aromatic rings. The fourth-order valence-corrected chi connectivity index (χ4v) is 2.12. The van der Waals surface area contributed by atoms with Crippen LogP contribution >= 0.6 is 0 Å². The van der Waals surface area contributed by atoms with Crippen molar-refractivity contribution < 1.29 is 0 Å². The molecule has 0 aromatic heterocycles. The van der Waals surface area contributed by atoms with Crippen LogP contribution in [-0.2, 0) is 0 Å². The summed E-state index contributed by atoms with van der Waals surface area (Å²) in [6.07, 6.45) is 5.19. The molecule has 0 bridgehead atoms. The lowest BCUT2D eigenvalue weighted by molar-refractivity contribution is 0.170. The van der Waals surface area contributed by atoms with Crippen LogP contribution in [0.3, 0.4) is 0 Å². The van der Waals surface area contributed by atoms with E-state index >= 15 is 0 Å². The largest absolute Gasteiger partial charge is 0.298 e. The quantitative estimate of drug-likeness (QED) is 0.531. The number of nitrogens with zero attached hydrogens (tertiary/aromatic N) is 1. The monoisotopic (exact) mass is 167 g/mol. The van der Waals surface area contributed by atoms with Gasteiger partial charge in [-0.2, -0.15) is 0 Å². The molecule has 1 aliphatic rings. The van der Waals surface area contributed by atoms with E-state index in [1.807, 2.05) is 0 Å². The molecule has 12 heavy (non-hydrogen) atoms. The highest BCUT2D eigenvalue weighted by molar-refractivity contribution is 5.24. The van der Waals surface area contributed by atoms with Gasteiger partial charge < -0.3 is 0 Å². The summed E-state index contributed by atoms with van der Waals surface area (Å²) >= 11 is 0. The molecule has 1 nitrogen and oxygen atoms in total. The third-order valence-corrected chi connectivity index (χ3v) is 3.18. The summed E-state index contributed by atoms with van der Waals surface area (Å²) in [6, 6.07) is 0.559. The van der Waals surface area contributed by atoms with E-state index in [-0.39, 0.29) is 0 Å². The van der Waals surface area contributed by atoms with Crippen LogP contribution in [-0.4, -0.2) is 12.8 Å². The first-order valence-corrected chi connectivity index (χ1v) is 5.00. The summed E-state index contributed by atoms with van der Waals surface area (Å²) in [6.45, 7) is 10.7.